The molecule has 0 atom stereocenters. The van der Waals surface area contributed by atoms with E-state index in [0.717, 1.165) is 25.7 Å². The van der Waals surface area contributed by atoms with Gasteiger partial charge in [-0.25, -0.2) is 15.8 Å². The van der Waals surface area contributed by atoms with Crippen LogP contribution in [0.15, 0.2) is 11.0 Å². The van der Waals surface area contributed by atoms with E-state index in [1.165, 1.54) is 22.7 Å². The number of aromatic nitrogens is 4. The van der Waals surface area contributed by atoms with Crippen LogP contribution >= 0.6 is 0 Å². The van der Waals surface area contributed by atoms with Crippen molar-refractivity contribution in [3.63, 3.8) is 0 Å². The maximum atomic E-state index is 13.4. The first kappa shape index (κ1) is 21.9. The smallest absolute Gasteiger partial charge is 0.295 e. The van der Waals surface area contributed by atoms with E-state index in [2.05, 4.69) is 25.7 Å². The number of nitrogens with one attached hydrogen (secondary N) is 2. The SMILES string of the molecule is CN(C)S(=O)(=O)N1CCC(Nc2nc3cnc(NN)nc3n(C3CCCC3)c2=O)CC1. The lowest BCUT2D eigenvalue weighted by molar-refractivity contribution is 0.310. The second kappa shape index (κ2) is 8.65. The molecule has 13 heteroatoms. The van der Waals surface area contributed by atoms with Crippen LogP contribution < -0.4 is 22.1 Å². The van der Waals surface area contributed by atoms with E-state index in [1.807, 2.05) is 0 Å². The first-order valence-electron chi connectivity index (χ1n) is 10.5. The third-order valence-corrected chi connectivity index (χ3v) is 7.97. The van der Waals surface area contributed by atoms with Crippen molar-refractivity contribution in [3.8, 4) is 0 Å². The van der Waals surface area contributed by atoms with Crippen molar-refractivity contribution in [1.82, 2.24) is 28.1 Å². The fraction of sp³-hybridized carbons (Fsp3) is 0.667. The molecule has 0 amide bonds. The second-order valence-corrected chi connectivity index (χ2v) is 10.4. The zero-order valence-corrected chi connectivity index (χ0v) is 18.6. The molecule has 2 aromatic rings. The van der Waals surface area contributed by atoms with Gasteiger partial charge in [-0.1, -0.05) is 12.8 Å². The van der Waals surface area contributed by atoms with E-state index in [-0.39, 0.29) is 29.4 Å². The molecule has 0 radical (unpaired) electrons. The fourth-order valence-electron chi connectivity index (χ4n) is 4.32. The fourth-order valence-corrected chi connectivity index (χ4v) is 5.46. The Morgan fingerprint density at radius 3 is 2.42 bits per heavy atom. The molecule has 0 unspecified atom stereocenters. The summed E-state index contributed by atoms with van der Waals surface area (Å²) >= 11 is 0. The number of fused-ring (bicyclic) bond motifs is 1. The Bertz CT molecular complexity index is 1100. The van der Waals surface area contributed by atoms with Gasteiger partial charge in [0.05, 0.1) is 6.20 Å². The molecule has 1 aliphatic heterocycles. The second-order valence-electron chi connectivity index (χ2n) is 8.23. The topological polar surface area (TPSA) is 151 Å². The van der Waals surface area contributed by atoms with Crippen molar-refractivity contribution in [2.75, 3.05) is 37.9 Å². The molecule has 2 aromatic heterocycles. The number of nitrogen functional groups attached to an aromatic ring is 1. The van der Waals surface area contributed by atoms with Crippen LogP contribution in [0.5, 0.6) is 0 Å². The lowest BCUT2D eigenvalue weighted by Crippen LogP contribution is -2.47. The highest BCUT2D eigenvalue weighted by Crippen LogP contribution is 2.30. The summed E-state index contributed by atoms with van der Waals surface area (Å²) in [5.74, 6) is 5.94. The third kappa shape index (κ3) is 4.22. The van der Waals surface area contributed by atoms with Crippen LogP contribution in [-0.4, -0.2) is 69.8 Å². The summed E-state index contributed by atoms with van der Waals surface area (Å²) in [5, 5.41) is 3.26. The monoisotopic (exact) mass is 451 g/mol. The van der Waals surface area contributed by atoms with Gasteiger partial charge in [0.2, 0.25) is 5.95 Å². The van der Waals surface area contributed by atoms with E-state index >= 15 is 0 Å². The van der Waals surface area contributed by atoms with Gasteiger partial charge < -0.3 is 5.32 Å². The van der Waals surface area contributed by atoms with Gasteiger partial charge in [-0.05, 0) is 25.7 Å². The number of hydrogen-bond donors (Lipinski definition) is 3. The lowest BCUT2D eigenvalue weighted by atomic mass is 10.1. The summed E-state index contributed by atoms with van der Waals surface area (Å²) in [6.45, 7) is 0.772. The van der Waals surface area contributed by atoms with E-state index < -0.39 is 10.2 Å². The summed E-state index contributed by atoms with van der Waals surface area (Å²) in [6.07, 6.45) is 6.68. The first-order valence-corrected chi connectivity index (χ1v) is 11.9. The summed E-state index contributed by atoms with van der Waals surface area (Å²) in [5.41, 5.74) is 3.19. The maximum absolute atomic E-state index is 13.4. The average molecular weight is 452 g/mol. The Morgan fingerprint density at radius 1 is 1.13 bits per heavy atom. The van der Waals surface area contributed by atoms with Crippen molar-refractivity contribution < 1.29 is 8.42 Å². The standard InChI is InChI=1S/C18H29N9O3S/c1-25(2)31(29,30)26-9-7-12(8-10-26)21-15-17(28)27(13-5-3-4-6-13)16-14(22-15)11-20-18(23-16)24-19/h11-13H,3-10,19H2,1-2H3,(H,21,22)(H,20,23,24). The van der Waals surface area contributed by atoms with Gasteiger partial charge in [-0.15, -0.1) is 0 Å². The van der Waals surface area contributed by atoms with Crippen LogP contribution in [0, 0.1) is 0 Å². The highest BCUT2D eigenvalue weighted by Gasteiger charge is 2.30. The Kier molecular flexibility index (Phi) is 6.10. The summed E-state index contributed by atoms with van der Waals surface area (Å²) < 4.78 is 29.1. The lowest BCUT2D eigenvalue weighted by Gasteiger charge is -2.33. The molecular weight excluding hydrogens is 422 g/mol. The van der Waals surface area contributed by atoms with Crippen molar-refractivity contribution in [3.05, 3.63) is 16.6 Å². The zero-order chi connectivity index (χ0) is 22.2. The molecule has 1 saturated carbocycles. The Morgan fingerprint density at radius 2 is 1.81 bits per heavy atom. The zero-order valence-electron chi connectivity index (χ0n) is 17.8. The molecule has 1 aliphatic carbocycles. The molecule has 2 aliphatic rings. The molecule has 2 fully saturated rings. The van der Waals surface area contributed by atoms with Crippen molar-refractivity contribution in [1.29, 1.82) is 0 Å². The number of rotatable bonds is 6. The van der Waals surface area contributed by atoms with Crippen molar-refractivity contribution >= 4 is 33.1 Å². The van der Waals surface area contributed by atoms with Crippen LogP contribution in [0.2, 0.25) is 0 Å². The molecule has 3 heterocycles. The Balaban J connectivity index is 1.62. The number of hydrazine groups is 1. The minimum Gasteiger partial charge on any atom is -0.363 e. The van der Waals surface area contributed by atoms with Gasteiger partial charge in [-0.3, -0.25) is 14.8 Å². The van der Waals surface area contributed by atoms with Gasteiger partial charge in [-0.2, -0.15) is 22.0 Å². The number of hydrogen-bond acceptors (Lipinski definition) is 9. The Hall–Kier alpha value is -2.35. The molecule has 4 rings (SSSR count). The summed E-state index contributed by atoms with van der Waals surface area (Å²) in [7, 11) is -0.382. The molecule has 4 N–H and O–H groups in total. The van der Waals surface area contributed by atoms with Crippen LogP contribution in [0.25, 0.3) is 11.2 Å². The molecule has 170 valence electrons. The van der Waals surface area contributed by atoms with Crippen LogP contribution in [0.1, 0.15) is 44.6 Å². The predicted octanol–water partition coefficient (Wildman–Crippen LogP) is 0.270. The third-order valence-electron chi connectivity index (χ3n) is 6.03. The molecule has 12 nitrogen and oxygen atoms in total. The number of nitrogens with two attached hydrogens (primary N) is 1. The number of piperidine rings is 1. The normalized spacial score (nSPS) is 19.4. The van der Waals surface area contributed by atoms with Crippen molar-refractivity contribution in [2.24, 2.45) is 5.84 Å². The minimum absolute atomic E-state index is 0.0470. The van der Waals surface area contributed by atoms with Gasteiger partial charge >= 0.3 is 0 Å². The number of nitrogens with zero attached hydrogens (tertiary/aromatic N) is 6. The molecule has 0 bridgehead atoms. The highest BCUT2D eigenvalue weighted by atomic mass is 32.2. The molecule has 0 spiro atoms. The maximum Gasteiger partial charge on any atom is 0.295 e. The van der Waals surface area contributed by atoms with E-state index in [1.54, 1.807) is 10.8 Å². The van der Waals surface area contributed by atoms with E-state index in [0.29, 0.717) is 37.1 Å². The van der Waals surface area contributed by atoms with Gasteiger partial charge in [0.15, 0.2) is 11.5 Å². The predicted molar refractivity (Wildman–Crippen MR) is 118 cm³/mol. The molecule has 31 heavy (non-hydrogen) atoms. The van der Waals surface area contributed by atoms with Crippen molar-refractivity contribution in [2.45, 2.75) is 50.6 Å². The molecular formula is C18H29N9O3S. The first-order chi connectivity index (χ1) is 14.8. The van der Waals surface area contributed by atoms with Crippen LogP contribution in [-0.2, 0) is 10.2 Å². The average Bonchev–Trinajstić information content (AvgIpc) is 3.28. The molecule has 0 aromatic carbocycles. The minimum atomic E-state index is -3.43. The van der Waals surface area contributed by atoms with Gasteiger partial charge in [0, 0.05) is 39.3 Å². The van der Waals surface area contributed by atoms with E-state index in [4.69, 9.17) is 5.84 Å². The number of anilines is 2. The van der Waals surface area contributed by atoms with Gasteiger partial charge in [0.25, 0.3) is 15.8 Å². The van der Waals surface area contributed by atoms with Gasteiger partial charge in [0.1, 0.15) is 5.52 Å². The van der Waals surface area contributed by atoms with Crippen LogP contribution in [0.3, 0.4) is 0 Å². The largest absolute Gasteiger partial charge is 0.363 e. The van der Waals surface area contributed by atoms with E-state index in [9.17, 15) is 13.2 Å². The summed E-state index contributed by atoms with van der Waals surface area (Å²) in [4.78, 5) is 26.4. The quantitative estimate of drug-likeness (QED) is 0.415. The van der Waals surface area contributed by atoms with Crippen LogP contribution in [0.4, 0.5) is 11.8 Å². The highest BCUT2D eigenvalue weighted by molar-refractivity contribution is 7.86. The molecule has 1 saturated heterocycles. The summed E-state index contributed by atoms with van der Waals surface area (Å²) in [6, 6.07) is 0.0142. The Labute approximate surface area is 181 Å².